The summed E-state index contributed by atoms with van der Waals surface area (Å²) in [5.41, 5.74) is 1.96. The van der Waals surface area contributed by atoms with Crippen molar-refractivity contribution in [3.05, 3.63) is 23.8 Å². The maximum absolute atomic E-state index is 2.30. The monoisotopic (exact) mass is 164 g/mol. The van der Waals surface area contributed by atoms with E-state index in [0.717, 1.165) is 0 Å². The predicted molar refractivity (Wildman–Crippen MR) is 55.1 cm³/mol. The molecule has 0 atom stereocenters. The van der Waals surface area contributed by atoms with E-state index < -0.39 is 0 Å². The fourth-order valence-electron chi connectivity index (χ4n) is 1.57. The van der Waals surface area contributed by atoms with Crippen molar-refractivity contribution in [3.63, 3.8) is 0 Å². The second-order valence-electron chi connectivity index (χ2n) is 4.62. The van der Waals surface area contributed by atoms with Gasteiger partial charge in [-0.05, 0) is 31.1 Å². The zero-order valence-electron chi connectivity index (χ0n) is 8.56. The lowest BCUT2D eigenvalue weighted by atomic mass is 9.82. The second kappa shape index (κ2) is 3.93. The van der Waals surface area contributed by atoms with Gasteiger partial charge < -0.3 is 0 Å². The highest BCUT2D eigenvalue weighted by atomic mass is 14.2. The van der Waals surface area contributed by atoms with E-state index in [0.29, 0.717) is 5.41 Å². The Balaban J connectivity index is 2.72. The normalized spacial score (nSPS) is 26.8. The summed E-state index contributed by atoms with van der Waals surface area (Å²) in [5.74, 6) is 0. The van der Waals surface area contributed by atoms with Crippen LogP contribution in [0.5, 0.6) is 0 Å². The SMILES string of the molecule is CC(C)(C)/C1=C/C=C\CCCC1. The van der Waals surface area contributed by atoms with Gasteiger partial charge in [-0.2, -0.15) is 0 Å². The van der Waals surface area contributed by atoms with Crippen molar-refractivity contribution in [3.8, 4) is 0 Å². The summed E-state index contributed by atoms with van der Waals surface area (Å²) in [6.45, 7) is 6.90. The van der Waals surface area contributed by atoms with Gasteiger partial charge in [0, 0.05) is 0 Å². The molecule has 0 heterocycles. The topological polar surface area (TPSA) is 0 Å². The zero-order valence-corrected chi connectivity index (χ0v) is 8.56. The second-order valence-corrected chi connectivity index (χ2v) is 4.62. The highest BCUT2D eigenvalue weighted by Gasteiger charge is 2.15. The van der Waals surface area contributed by atoms with Gasteiger partial charge >= 0.3 is 0 Å². The quantitative estimate of drug-likeness (QED) is 0.506. The van der Waals surface area contributed by atoms with Gasteiger partial charge in [-0.3, -0.25) is 0 Å². The fraction of sp³-hybridized carbons (Fsp3) is 0.667. The van der Waals surface area contributed by atoms with Crippen LogP contribution in [0.1, 0.15) is 46.5 Å². The molecule has 0 saturated heterocycles. The first kappa shape index (κ1) is 9.57. The lowest BCUT2D eigenvalue weighted by Crippen LogP contribution is -2.09. The Bertz CT molecular complexity index is 189. The standard InChI is InChI=1S/C12H20/c1-12(2,3)11-9-7-5-4-6-8-10-11/h5,7,9H,4,6,8,10H2,1-3H3/b7-5-,11-9+. The molecule has 0 bridgehead atoms. The van der Waals surface area contributed by atoms with E-state index in [9.17, 15) is 0 Å². The minimum absolute atomic E-state index is 0.363. The van der Waals surface area contributed by atoms with Crippen LogP contribution in [-0.2, 0) is 0 Å². The number of allylic oxidation sites excluding steroid dienone is 4. The van der Waals surface area contributed by atoms with E-state index in [4.69, 9.17) is 0 Å². The molecule has 0 aromatic heterocycles. The van der Waals surface area contributed by atoms with Crippen LogP contribution in [-0.4, -0.2) is 0 Å². The van der Waals surface area contributed by atoms with E-state index >= 15 is 0 Å². The van der Waals surface area contributed by atoms with Gasteiger partial charge in [0.05, 0.1) is 0 Å². The molecule has 0 spiro atoms. The Morgan fingerprint density at radius 2 is 1.92 bits per heavy atom. The van der Waals surface area contributed by atoms with Crippen molar-refractivity contribution < 1.29 is 0 Å². The Kier molecular flexibility index (Phi) is 3.13. The Hall–Kier alpha value is -0.520. The van der Waals surface area contributed by atoms with E-state index in [2.05, 4.69) is 39.0 Å². The molecule has 0 fully saturated rings. The van der Waals surface area contributed by atoms with Crippen LogP contribution in [0.4, 0.5) is 0 Å². The Morgan fingerprint density at radius 1 is 1.17 bits per heavy atom. The van der Waals surface area contributed by atoms with Gasteiger partial charge in [0.15, 0.2) is 0 Å². The van der Waals surface area contributed by atoms with E-state index in [1.165, 1.54) is 25.7 Å². The average molecular weight is 164 g/mol. The van der Waals surface area contributed by atoms with Gasteiger partial charge in [-0.1, -0.05) is 44.6 Å². The predicted octanol–water partition coefficient (Wildman–Crippen LogP) is 4.09. The van der Waals surface area contributed by atoms with Gasteiger partial charge in [-0.15, -0.1) is 0 Å². The summed E-state index contributed by atoms with van der Waals surface area (Å²) < 4.78 is 0. The van der Waals surface area contributed by atoms with Crippen LogP contribution in [0.25, 0.3) is 0 Å². The molecule has 0 amide bonds. The molecule has 0 radical (unpaired) electrons. The highest BCUT2D eigenvalue weighted by Crippen LogP contribution is 2.30. The largest absolute Gasteiger partial charge is 0.0845 e. The van der Waals surface area contributed by atoms with Crippen molar-refractivity contribution in [2.45, 2.75) is 46.5 Å². The van der Waals surface area contributed by atoms with Crippen LogP contribution in [0.2, 0.25) is 0 Å². The van der Waals surface area contributed by atoms with E-state index in [1.807, 2.05) is 0 Å². The van der Waals surface area contributed by atoms with Gasteiger partial charge in [0.2, 0.25) is 0 Å². The first-order valence-corrected chi connectivity index (χ1v) is 4.97. The molecule has 0 nitrogen and oxygen atoms in total. The fourth-order valence-corrected chi connectivity index (χ4v) is 1.57. The molecule has 1 aliphatic rings. The van der Waals surface area contributed by atoms with Crippen LogP contribution in [0.3, 0.4) is 0 Å². The van der Waals surface area contributed by atoms with Crippen molar-refractivity contribution >= 4 is 0 Å². The lowest BCUT2D eigenvalue weighted by Gasteiger charge is -2.23. The molecule has 0 N–H and O–H groups in total. The molecule has 1 aliphatic carbocycles. The molecule has 0 aromatic rings. The van der Waals surface area contributed by atoms with Crippen molar-refractivity contribution in [2.75, 3.05) is 0 Å². The molecular formula is C12H20. The molecule has 1 rings (SSSR count). The minimum atomic E-state index is 0.363. The molecule has 68 valence electrons. The first-order valence-electron chi connectivity index (χ1n) is 4.97. The summed E-state index contributed by atoms with van der Waals surface area (Å²) in [7, 11) is 0. The van der Waals surface area contributed by atoms with Crippen molar-refractivity contribution in [2.24, 2.45) is 5.41 Å². The highest BCUT2D eigenvalue weighted by molar-refractivity contribution is 5.18. The summed E-state index contributed by atoms with van der Waals surface area (Å²) in [4.78, 5) is 0. The smallest absolute Gasteiger partial charge is 0.0170 e. The summed E-state index contributed by atoms with van der Waals surface area (Å²) in [5, 5.41) is 0. The van der Waals surface area contributed by atoms with Crippen LogP contribution < -0.4 is 0 Å². The third-order valence-corrected chi connectivity index (χ3v) is 2.46. The third-order valence-electron chi connectivity index (χ3n) is 2.46. The number of hydrogen-bond acceptors (Lipinski definition) is 0. The average Bonchev–Trinajstić information content (AvgIpc) is 1.81. The van der Waals surface area contributed by atoms with Crippen LogP contribution in [0.15, 0.2) is 23.8 Å². The zero-order chi connectivity index (χ0) is 9.03. The molecule has 0 saturated carbocycles. The molecule has 0 heteroatoms. The lowest BCUT2D eigenvalue weighted by molar-refractivity contribution is 0.473. The summed E-state index contributed by atoms with van der Waals surface area (Å²) in [6, 6.07) is 0. The molecule has 0 aliphatic heterocycles. The number of rotatable bonds is 0. The molecular weight excluding hydrogens is 144 g/mol. The van der Waals surface area contributed by atoms with Gasteiger partial charge in [0.25, 0.3) is 0 Å². The van der Waals surface area contributed by atoms with E-state index in [1.54, 1.807) is 5.57 Å². The summed E-state index contributed by atoms with van der Waals surface area (Å²) >= 11 is 0. The minimum Gasteiger partial charge on any atom is -0.0845 e. The molecule has 0 unspecified atom stereocenters. The molecule has 12 heavy (non-hydrogen) atoms. The first-order chi connectivity index (χ1) is 5.61. The maximum Gasteiger partial charge on any atom is -0.0170 e. The number of hydrogen-bond donors (Lipinski definition) is 0. The Labute approximate surface area is 76.4 Å². The van der Waals surface area contributed by atoms with Gasteiger partial charge in [0.1, 0.15) is 0 Å². The maximum atomic E-state index is 2.30. The van der Waals surface area contributed by atoms with Crippen LogP contribution >= 0.6 is 0 Å². The van der Waals surface area contributed by atoms with E-state index in [-0.39, 0.29) is 0 Å². The van der Waals surface area contributed by atoms with Gasteiger partial charge in [-0.25, -0.2) is 0 Å². The molecule has 0 aromatic carbocycles. The van der Waals surface area contributed by atoms with Crippen molar-refractivity contribution in [1.82, 2.24) is 0 Å². The van der Waals surface area contributed by atoms with Crippen LogP contribution in [0, 0.1) is 5.41 Å². The third kappa shape index (κ3) is 2.84. The summed E-state index contributed by atoms with van der Waals surface area (Å²) in [6.07, 6.45) is 12.1. The Morgan fingerprint density at radius 3 is 2.58 bits per heavy atom. The van der Waals surface area contributed by atoms with Crippen molar-refractivity contribution in [1.29, 1.82) is 0 Å².